The van der Waals surface area contributed by atoms with E-state index in [2.05, 4.69) is 9.80 Å². The predicted molar refractivity (Wildman–Crippen MR) is 232 cm³/mol. The maximum atomic E-state index is 13.5. The van der Waals surface area contributed by atoms with Crippen molar-refractivity contribution in [2.24, 2.45) is 23.7 Å². The molecule has 0 spiro atoms. The number of benzene rings is 4. The Kier molecular flexibility index (Phi) is 13.5. The molecule has 0 unspecified atom stereocenters. The number of carbonyl (C=O) groups is 2. The van der Waals surface area contributed by atoms with Crippen molar-refractivity contribution >= 4 is 11.9 Å². The maximum Gasteiger partial charge on any atom is 0.310 e. The predicted octanol–water partition coefficient (Wildman–Crippen LogP) is 6.34. The summed E-state index contributed by atoms with van der Waals surface area (Å²) in [4.78, 5) is 31.3. The summed E-state index contributed by atoms with van der Waals surface area (Å²) >= 11 is 0. The van der Waals surface area contributed by atoms with E-state index in [0.717, 1.165) is 28.7 Å². The number of carbonyl (C=O) groups excluding carboxylic acids is 2. The third kappa shape index (κ3) is 8.98. The minimum absolute atomic E-state index is 0.0358. The number of aliphatic hydroxyl groups is 2. The molecule has 1 saturated carbocycles. The topological polar surface area (TPSA) is 118 Å². The summed E-state index contributed by atoms with van der Waals surface area (Å²) in [5, 5.41) is 24.7. The zero-order valence-corrected chi connectivity index (χ0v) is 35.3. The summed E-state index contributed by atoms with van der Waals surface area (Å²) in [5.74, 6) is -1.90. The first kappa shape index (κ1) is 43.0. The van der Waals surface area contributed by atoms with E-state index in [0.29, 0.717) is 52.0 Å². The van der Waals surface area contributed by atoms with Gasteiger partial charge in [0.2, 0.25) is 0 Å². The van der Waals surface area contributed by atoms with Crippen LogP contribution in [0.2, 0.25) is 0 Å². The van der Waals surface area contributed by atoms with E-state index in [1.165, 1.54) is 0 Å². The molecule has 2 aliphatic carbocycles. The molecule has 0 aromatic heterocycles. The summed E-state index contributed by atoms with van der Waals surface area (Å²) in [7, 11) is 4.05. The molecule has 10 nitrogen and oxygen atoms in total. The van der Waals surface area contributed by atoms with Crippen LogP contribution in [-0.2, 0) is 39.7 Å². The first-order chi connectivity index (χ1) is 29.7. The second-order valence-corrected chi connectivity index (χ2v) is 17.4. The van der Waals surface area contributed by atoms with Crippen molar-refractivity contribution in [3.8, 4) is 0 Å². The minimum Gasteiger partial charge on any atom is -0.465 e. The van der Waals surface area contributed by atoms with Gasteiger partial charge in [0.15, 0.2) is 0 Å². The van der Waals surface area contributed by atoms with Gasteiger partial charge in [-0.05, 0) is 67.4 Å². The number of ether oxygens (including phenoxy) is 4. The zero-order chi connectivity index (χ0) is 42.4. The Morgan fingerprint density at radius 3 is 1.18 bits per heavy atom. The van der Waals surface area contributed by atoms with Crippen molar-refractivity contribution < 1.29 is 38.7 Å². The van der Waals surface area contributed by atoms with Crippen LogP contribution in [0, 0.1) is 23.7 Å². The second kappa shape index (κ2) is 19.2. The Balaban J connectivity index is 0.771. The van der Waals surface area contributed by atoms with Crippen molar-refractivity contribution in [1.82, 2.24) is 9.80 Å². The van der Waals surface area contributed by atoms with Crippen LogP contribution in [0.5, 0.6) is 0 Å². The largest absolute Gasteiger partial charge is 0.465 e. The number of hydrogen-bond acceptors (Lipinski definition) is 10. The van der Waals surface area contributed by atoms with Gasteiger partial charge in [-0.25, -0.2) is 0 Å². The molecule has 8 atom stereocenters. The molecule has 322 valence electrons. The van der Waals surface area contributed by atoms with Gasteiger partial charge in [-0.1, -0.05) is 133 Å². The fourth-order valence-corrected chi connectivity index (χ4v) is 10.6. The Morgan fingerprint density at radius 1 is 0.525 bits per heavy atom. The van der Waals surface area contributed by atoms with Crippen molar-refractivity contribution in [3.63, 3.8) is 0 Å². The third-order valence-electron chi connectivity index (χ3n) is 13.6. The number of esters is 2. The van der Waals surface area contributed by atoms with Gasteiger partial charge in [-0.3, -0.25) is 19.4 Å². The van der Waals surface area contributed by atoms with E-state index in [1.54, 1.807) is 0 Å². The number of hydrogen-bond donors (Lipinski definition) is 2. The van der Waals surface area contributed by atoms with Gasteiger partial charge in [0, 0.05) is 38.0 Å². The maximum absolute atomic E-state index is 13.5. The molecule has 2 bridgehead atoms. The van der Waals surface area contributed by atoms with Crippen molar-refractivity contribution in [2.45, 2.75) is 67.6 Å². The Labute approximate surface area is 360 Å². The van der Waals surface area contributed by atoms with E-state index in [9.17, 15) is 19.8 Å². The minimum atomic E-state index is -1.20. The van der Waals surface area contributed by atoms with E-state index in [-0.39, 0.29) is 61.3 Å². The number of likely N-dealkylation sites (tertiary alicyclic amines) is 2. The third-order valence-corrected chi connectivity index (χ3v) is 13.6. The molecule has 3 fully saturated rings. The Bertz CT molecular complexity index is 1840. The lowest BCUT2D eigenvalue weighted by molar-refractivity contribution is -0.162. The lowest BCUT2D eigenvalue weighted by Crippen LogP contribution is -2.46. The SMILES string of the molecule is CN1C[C@H](OCCCOC(=O)[C@@H]2[C@H](C(=O)OCCCO[C@@H]3C[C@@H](C(O)(c4ccccc4)c4ccccc4)N(C)C3)[C@@H]3C=C[C@H]2C3)C[C@H]1C(O)(c1ccccc1)c1ccccc1. The molecule has 0 radical (unpaired) electrons. The van der Waals surface area contributed by atoms with Crippen LogP contribution in [0.25, 0.3) is 0 Å². The van der Waals surface area contributed by atoms with Crippen molar-refractivity contribution in [2.75, 3.05) is 53.6 Å². The van der Waals surface area contributed by atoms with E-state index < -0.39 is 23.0 Å². The van der Waals surface area contributed by atoms with Gasteiger partial charge in [-0.15, -0.1) is 0 Å². The molecular formula is C51H60N2O8. The fourth-order valence-electron chi connectivity index (χ4n) is 10.6. The molecule has 4 aromatic carbocycles. The van der Waals surface area contributed by atoms with Crippen LogP contribution < -0.4 is 0 Å². The summed E-state index contributed by atoms with van der Waals surface area (Å²) in [6.45, 7) is 2.57. The normalized spacial score (nSPS) is 26.5. The van der Waals surface area contributed by atoms with Gasteiger partial charge in [-0.2, -0.15) is 0 Å². The number of fused-ring (bicyclic) bond motifs is 2. The second-order valence-electron chi connectivity index (χ2n) is 17.4. The van der Waals surface area contributed by atoms with Crippen LogP contribution in [0.1, 0.15) is 54.4 Å². The van der Waals surface area contributed by atoms with Gasteiger partial charge in [0.1, 0.15) is 11.2 Å². The summed E-state index contributed by atoms with van der Waals surface area (Å²) in [5.41, 5.74) is 0.970. The molecule has 2 N–H and O–H groups in total. The van der Waals surface area contributed by atoms with Crippen molar-refractivity contribution in [1.29, 1.82) is 0 Å². The molecule has 10 heteroatoms. The highest BCUT2D eigenvalue weighted by Gasteiger charge is 2.53. The van der Waals surface area contributed by atoms with Crippen molar-refractivity contribution in [3.05, 3.63) is 156 Å². The quantitative estimate of drug-likeness (QED) is 0.0669. The molecule has 0 amide bonds. The average molecular weight is 829 g/mol. The molecule has 61 heavy (non-hydrogen) atoms. The van der Waals surface area contributed by atoms with Crippen LogP contribution in [0.3, 0.4) is 0 Å². The molecule has 2 aliphatic heterocycles. The summed E-state index contributed by atoms with van der Waals surface area (Å²) in [6, 6.07) is 38.9. The molecule has 4 aromatic rings. The van der Waals surface area contributed by atoms with Gasteiger partial charge < -0.3 is 29.2 Å². The molecule has 2 heterocycles. The van der Waals surface area contributed by atoms with E-state index in [1.807, 2.05) is 148 Å². The molecule has 2 saturated heterocycles. The van der Waals surface area contributed by atoms with E-state index >= 15 is 0 Å². The highest BCUT2D eigenvalue weighted by molar-refractivity contribution is 5.84. The summed E-state index contributed by atoms with van der Waals surface area (Å²) in [6.07, 6.45) is 7.01. The standard InChI is InChI=1S/C51H60N2O8/c1-52-34-42(32-44(52)50(56,38-17-7-3-8-18-38)39-19-9-4-10-20-39)58-27-15-29-60-48(54)46-36-25-26-37(31-36)47(46)49(55)61-30-16-28-59-43-33-45(53(2)35-43)51(57,40-21-11-5-12-22-40)41-23-13-6-14-24-41/h3-14,17-26,36-37,42-47,56-57H,15-16,27-35H2,1-2H3/t36-,37+,42-,43-,44+,45+,46-,47+/m1/s1. The smallest absolute Gasteiger partial charge is 0.310 e. The first-order valence-electron chi connectivity index (χ1n) is 22.0. The van der Waals surface area contributed by atoms with Crippen LogP contribution in [-0.4, -0.2) is 110 Å². The highest BCUT2D eigenvalue weighted by atomic mass is 16.5. The highest BCUT2D eigenvalue weighted by Crippen LogP contribution is 2.49. The number of nitrogens with zero attached hydrogens (tertiary/aromatic N) is 2. The van der Waals surface area contributed by atoms with Gasteiger partial charge in [0.05, 0.1) is 50.5 Å². The van der Waals surface area contributed by atoms with Crippen LogP contribution in [0.15, 0.2) is 133 Å². The molecule has 4 aliphatic rings. The number of allylic oxidation sites excluding steroid dienone is 2. The lowest BCUT2D eigenvalue weighted by atomic mass is 9.79. The van der Waals surface area contributed by atoms with Gasteiger partial charge in [0.25, 0.3) is 0 Å². The molecule has 8 rings (SSSR count). The monoisotopic (exact) mass is 828 g/mol. The average Bonchev–Trinajstić information content (AvgIpc) is 4.11. The number of rotatable bonds is 18. The van der Waals surface area contributed by atoms with Crippen LogP contribution >= 0.6 is 0 Å². The lowest BCUT2D eigenvalue weighted by Gasteiger charge is -2.38. The fraction of sp³-hybridized carbons (Fsp3) is 0.451. The van der Waals surface area contributed by atoms with Gasteiger partial charge >= 0.3 is 11.9 Å². The van der Waals surface area contributed by atoms with Crippen LogP contribution in [0.4, 0.5) is 0 Å². The summed E-state index contributed by atoms with van der Waals surface area (Å²) < 4.78 is 24.1. The zero-order valence-electron chi connectivity index (χ0n) is 35.3. The Morgan fingerprint density at radius 2 is 0.852 bits per heavy atom. The first-order valence-corrected chi connectivity index (χ1v) is 22.0. The van der Waals surface area contributed by atoms with E-state index in [4.69, 9.17) is 18.9 Å². The Hall–Kier alpha value is -4.68. The molecular weight excluding hydrogens is 769 g/mol. The number of likely N-dealkylation sites (N-methyl/N-ethyl adjacent to an activating group) is 2.